The largest absolute Gasteiger partial charge is 0.451 e. The molecule has 2 rings (SSSR count). The van der Waals surface area contributed by atoms with Gasteiger partial charge >= 0.3 is 5.97 Å². The average Bonchev–Trinajstić information content (AvgIpc) is 2.79. The Morgan fingerprint density at radius 1 is 1.19 bits per heavy atom. The van der Waals surface area contributed by atoms with E-state index in [1.807, 2.05) is 0 Å². The number of ketones is 1. The minimum Gasteiger partial charge on any atom is -0.451 e. The molecule has 0 radical (unpaired) electrons. The molecular weight excluding hydrogens is 336 g/mol. The first kappa shape index (κ1) is 19.6. The van der Waals surface area contributed by atoms with Gasteiger partial charge in [-0.3, -0.25) is 19.2 Å². The molecule has 2 amide bonds. The molecular formula is C19H24N2O5. The van der Waals surface area contributed by atoms with Crippen molar-refractivity contribution >= 4 is 29.3 Å². The van der Waals surface area contributed by atoms with Crippen molar-refractivity contribution in [3.63, 3.8) is 0 Å². The van der Waals surface area contributed by atoms with Crippen LogP contribution in [0.3, 0.4) is 0 Å². The first-order chi connectivity index (χ1) is 12.4. The van der Waals surface area contributed by atoms with E-state index in [0.717, 1.165) is 19.3 Å². The minimum absolute atomic E-state index is 0.0630. The second-order valence-corrected chi connectivity index (χ2v) is 6.35. The monoisotopic (exact) mass is 360 g/mol. The molecule has 0 aromatic heterocycles. The summed E-state index contributed by atoms with van der Waals surface area (Å²) < 4.78 is 5.15. The molecule has 1 heterocycles. The summed E-state index contributed by atoms with van der Waals surface area (Å²) in [5.41, 5.74) is 0.755. The molecule has 0 bridgehead atoms. The maximum absolute atomic E-state index is 12.3. The second-order valence-electron chi connectivity index (χ2n) is 6.35. The molecule has 26 heavy (non-hydrogen) atoms. The molecule has 1 aromatic carbocycles. The SMILES string of the molecule is CC(=O)c1ccccc1NC(=O)C(C)OC(=O)CN1CCCCCC1=O. The fourth-order valence-electron chi connectivity index (χ4n) is 2.78. The number of anilines is 1. The van der Waals surface area contributed by atoms with Crippen LogP contribution in [0, 0.1) is 0 Å². The van der Waals surface area contributed by atoms with Crippen molar-refractivity contribution in [2.45, 2.75) is 45.6 Å². The minimum atomic E-state index is -1.04. The molecule has 1 saturated heterocycles. The van der Waals surface area contributed by atoms with Crippen LogP contribution in [0.5, 0.6) is 0 Å². The lowest BCUT2D eigenvalue weighted by molar-refractivity contribution is -0.156. The Morgan fingerprint density at radius 3 is 2.65 bits per heavy atom. The number of hydrogen-bond donors (Lipinski definition) is 1. The summed E-state index contributed by atoms with van der Waals surface area (Å²) in [5, 5.41) is 2.60. The number of amides is 2. The third-order valence-corrected chi connectivity index (χ3v) is 4.23. The summed E-state index contributed by atoms with van der Waals surface area (Å²) >= 11 is 0. The van der Waals surface area contributed by atoms with Gasteiger partial charge in [0.25, 0.3) is 5.91 Å². The fourth-order valence-corrected chi connectivity index (χ4v) is 2.78. The van der Waals surface area contributed by atoms with Crippen molar-refractivity contribution < 1.29 is 23.9 Å². The maximum Gasteiger partial charge on any atom is 0.326 e. The van der Waals surface area contributed by atoms with Gasteiger partial charge in [-0.25, -0.2) is 0 Å². The van der Waals surface area contributed by atoms with E-state index in [0.29, 0.717) is 24.2 Å². The lowest BCUT2D eigenvalue weighted by Crippen LogP contribution is -2.39. The number of para-hydroxylation sites is 1. The van der Waals surface area contributed by atoms with Gasteiger partial charge in [0.05, 0.1) is 5.69 Å². The maximum atomic E-state index is 12.3. The van der Waals surface area contributed by atoms with Crippen LogP contribution in [-0.2, 0) is 19.1 Å². The topological polar surface area (TPSA) is 92.8 Å². The van der Waals surface area contributed by atoms with Gasteiger partial charge in [0, 0.05) is 18.5 Å². The molecule has 1 aromatic rings. The molecule has 140 valence electrons. The zero-order valence-corrected chi connectivity index (χ0v) is 15.1. The number of hydrogen-bond acceptors (Lipinski definition) is 5. The van der Waals surface area contributed by atoms with E-state index in [4.69, 9.17) is 4.74 Å². The van der Waals surface area contributed by atoms with Crippen molar-refractivity contribution in [1.82, 2.24) is 4.90 Å². The number of nitrogens with zero attached hydrogens (tertiary/aromatic N) is 1. The first-order valence-corrected chi connectivity index (χ1v) is 8.76. The first-order valence-electron chi connectivity index (χ1n) is 8.76. The highest BCUT2D eigenvalue weighted by molar-refractivity contribution is 6.04. The number of Topliss-reactive ketones (excluding diaryl/α,β-unsaturated/α-hetero) is 1. The highest BCUT2D eigenvalue weighted by Crippen LogP contribution is 2.16. The van der Waals surface area contributed by atoms with Gasteiger partial charge in [0.1, 0.15) is 6.54 Å². The highest BCUT2D eigenvalue weighted by Gasteiger charge is 2.23. The Labute approximate surface area is 152 Å². The van der Waals surface area contributed by atoms with E-state index in [1.165, 1.54) is 18.7 Å². The molecule has 0 spiro atoms. The van der Waals surface area contributed by atoms with Crippen molar-refractivity contribution in [3.8, 4) is 0 Å². The third kappa shape index (κ3) is 5.40. The van der Waals surface area contributed by atoms with Gasteiger partial charge in [-0.2, -0.15) is 0 Å². The van der Waals surface area contributed by atoms with Crippen LogP contribution in [0.2, 0.25) is 0 Å². The van der Waals surface area contributed by atoms with Gasteiger partial charge in [0.2, 0.25) is 5.91 Å². The van der Waals surface area contributed by atoms with Gasteiger partial charge in [-0.15, -0.1) is 0 Å². The predicted molar refractivity (Wildman–Crippen MR) is 95.7 cm³/mol. The number of esters is 1. The summed E-state index contributed by atoms with van der Waals surface area (Å²) in [6.45, 7) is 3.24. The van der Waals surface area contributed by atoms with E-state index in [-0.39, 0.29) is 18.2 Å². The summed E-state index contributed by atoms with van der Waals surface area (Å²) in [7, 11) is 0. The van der Waals surface area contributed by atoms with Gasteiger partial charge in [-0.05, 0) is 38.8 Å². The van der Waals surface area contributed by atoms with E-state index >= 15 is 0 Å². The number of benzene rings is 1. The quantitative estimate of drug-likeness (QED) is 0.620. The standard InChI is InChI=1S/C19H24N2O5/c1-13(22)15-8-5-6-9-16(15)20-19(25)14(2)26-18(24)12-21-11-7-3-4-10-17(21)23/h5-6,8-9,14H,3-4,7,10-12H2,1-2H3,(H,20,25). The van der Waals surface area contributed by atoms with E-state index in [1.54, 1.807) is 24.3 Å². The van der Waals surface area contributed by atoms with Crippen LogP contribution >= 0.6 is 0 Å². The molecule has 1 atom stereocenters. The molecule has 0 aliphatic carbocycles. The summed E-state index contributed by atoms with van der Waals surface area (Å²) in [4.78, 5) is 49.3. The normalized spacial score (nSPS) is 15.8. The van der Waals surface area contributed by atoms with Crippen LogP contribution in [0.4, 0.5) is 5.69 Å². The number of ether oxygens (including phenoxy) is 1. The summed E-state index contributed by atoms with van der Waals surface area (Å²) in [6.07, 6.45) is 2.05. The average molecular weight is 360 g/mol. The van der Waals surface area contributed by atoms with Gasteiger partial charge < -0.3 is 15.0 Å². The Bertz CT molecular complexity index is 701. The molecule has 1 aliphatic rings. The zero-order valence-electron chi connectivity index (χ0n) is 15.1. The Balaban J connectivity index is 1.91. The van der Waals surface area contributed by atoms with Crippen molar-refractivity contribution in [3.05, 3.63) is 29.8 Å². The molecule has 0 saturated carbocycles. The van der Waals surface area contributed by atoms with Gasteiger partial charge in [0.15, 0.2) is 11.9 Å². The Morgan fingerprint density at radius 2 is 1.92 bits per heavy atom. The molecule has 1 unspecified atom stereocenters. The fraction of sp³-hybridized carbons (Fsp3) is 0.474. The lowest BCUT2D eigenvalue weighted by atomic mass is 10.1. The molecule has 1 aliphatic heterocycles. The number of carbonyl (C=O) groups is 4. The van der Waals surface area contributed by atoms with E-state index < -0.39 is 18.0 Å². The lowest BCUT2D eigenvalue weighted by Gasteiger charge is -2.21. The van der Waals surface area contributed by atoms with Crippen LogP contribution < -0.4 is 5.32 Å². The molecule has 7 heteroatoms. The molecule has 7 nitrogen and oxygen atoms in total. The number of likely N-dealkylation sites (tertiary alicyclic amines) is 1. The smallest absolute Gasteiger partial charge is 0.326 e. The predicted octanol–water partition coefficient (Wildman–Crippen LogP) is 2.16. The number of rotatable bonds is 6. The van der Waals surface area contributed by atoms with Crippen LogP contribution in [0.25, 0.3) is 0 Å². The number of nitrogens with one attached hydrogen (secondary N) is 1. The number of carbonyl (C=O) groups excluding carboxylic acids is 4. The Hall–Kier alpha value is -2.70. The van der Waals surface area contributed by atoms with Crippen LogP contribution in [0.1, 0.15) is 49.9 Å². The summed E-state index contributed by atoms with van der Waals surface area (Å²) in [6, 6.07) is 6.62. The van der Waals surface area contributed by atoms with Crippen LogP contribution in [0.15, 0.2) is 24.3 Å². The third-order valence-electron chi connectivity index (χ3n) is 4.23. The van der Waals surface area contributed by atoms with Crippen LogP contribution in [-0.4, -0.2) is 47.7 Å². The summed E-state index contributed by atoms with van der Waals surface area (Å²) in [5.74, 6) is -1.39. The Kier molecular flexibility index (Phi) is 6.89. The van der Waals surface area contributed by atoms with E-state index in [2.05, 4.69) is 5.32 Å². The van der Waals surface area contributed by atoms with E-state index in [9.17, 15) is 19.2 Å². The molecule has 1 fully saturated rings. The molecule has 1 N–H and O–H groups in total. The van der Waals surface area contributed by atoms with Crippen molar-refractivity contribution in [2.24, 2.45) is 0 Å². The van der Waals surface area contributed by atoms with Gasteiger partial charge in [-0.1, -0.05) is 18.6 Å². The zero-order chi connectivity index (χ0) is 19.1. The van der Waals surface area contributed by atoms with Crippen molar-refractivity contribution in [1.29, 1.82) is 0 Å². The second kappa shape index (κ2) is 9.12. The van der Waals surface area contributed by atoms with Crippen molar-refractivity contribution in [2.75, 3.05) is 18.4 Å². The highest BCUT2D eigenvalue weighted by atomic mass is 16.5.